The lowest BCUT2D eigenvalue weighted by Gasteiger charge is -2.36. The highest BCUT2D eigenvalue weighted by Crippen LogP contribution is 2.43. The Labute approximate surface area is 473 Å². The van der Waals surface area contributed by atoms with Crippen molar-refractivity contribution in [3.63, 3.8) is 0 Å². The smallest absolute Gasteiger partial charge is 0.179 e. The molecule has 2 nitrogen and oxygen atoms in total. The van der Waals surface area contributed by atoms with Gasteiger partial charge < -0.3 is 9.13 Å². The molecule has 81 heavy (non-hydrogen) atoms. The molecule has 380 valence electrons. The quantitative estimate of drug-likeness (QED) is 0.0902. The first kappa shape index (κ1) is 47.9. The van der Waals surface area contributed by atoms with Crippen LogP contribution in [-0.4, -0.2) is 17.2 Å². The summed E-state index contributed by atoms with van der Waals surface area (Å²) >= 11 is 0. The maximum atomic E-state index is 2.58. The van der Waals surface area contributed by atoms with Crippen molar-refractivity contribution in [2.24, 2.45) is 0 Å². The Morgan fingerprint density at radius 1 is 0.198 bits per heavy atom. The predicted molar refractivity (Wildman–Crippen MR) is 346 cm³/mol. The number of fused-ring (bicyclic) bond motifs is 6. The standard InChI is InChI=1S/C78H54N2Si/c1-8-26-55(27-9-1)60-44-46-76-72(51-60)68-40-22-24-42-74(68)79(76)63-45-47-77-73(52-63)69-41-23-25-43-75(69)80(77)78-70(58-32-14-4-15-33-58)53-67(54-71(78)59-34-16-5-17-35-59)81(64-36-18-6-19-37-64,65-38-20-7-21-39-65)66-49-61(56-28-10-2-11-29-56)48-62(50-66)57-30-12-3-13-31-57/h1-54H. The Morgan fingerprint density at radius 2 is 0.556 bits per heavy atom. The van der Waals surface area contributed by atoms with E-state index in [-0.39, 0.29) is 0 Å². The largest absolute Gasteiger partial charge is 0.309 e. The minimum Gasteiger partial charge on any atom is -0.309 e. The summed E-state index contributed by atoms with van der Waals surface area (Å²) in [6.07, 6.45) is 0. The van der Waals surface area contributed by atoms with Gasteiger partial charge >= 0.3 is 0 Å². The summed E-state index contributed by atoms with van der Waals surface area (Å²) in [6, 6.07) is 122. The van der Waals surface area contributed by atoms with Crippen LogP contribution in [0, 0.1) is 0 Å². The highest BCUT2D eigenvalue weighted by molar-refractivity contribution is 7.20. The Morgan fingerprint density at radius 3 is 1.05 bits per heavy atom. The topological polar surface area (TPSA) is 9.86 Å². The molecule has 0 atom stereocenters. The summed E-state index contributed by atoms with van der Waals surface area (Å²) in [5.74, 6) is 0. The van der Waals surface area contributed by atoms with Gasteiger partial charge in [0.2, 0.25) is 0 Å². The van der Waals surface area contributed by atoms with E-state index in [1.165, 1.54) is 97.8 Å². The van der Waals surface area contributed by atoms with E-state index in [4.69, 9.17) is 0 Å². The molecule has 0 fully saturated rings. The van der Waals surface area contributed by atoms with E-state index in [0.29, 0.717) is 0 Å². The average Bonchev–Trinajstić information content (AvgIpc) is 4.32. The third kappa shape index (κ3) is 8.17. The van der Waals surface area contributed by atoms with Crippen molar-refractivity contribution in [2.45, 2.75) is 0 Å². The first-order valence-corrected chi connectivity index (χ1v) is 30.0. The highest BCUT2D eigenvalue weighted by atomic mass is 28.3. The van der Waals surface area contributed by atoms with E-state index < -0.39 is 8.07 Å². The fourth-order valence-corrected chi connectivity index (χ4v) is 17.8. The van der Waals surface area contributed by atoms with Gasteiger partial charge in [0.25, 0.3) is 0 Å². The summed E-state index contributed by atoms with van der Waals surface area (Å²) in [6.45, 7) is 0. The molecule has 0 spiro atoms. The molecule has 0 saturated carbocycles. The van der Waals surface area contributed by atoms with Crippen LogP contribution in [0.15, 0.2) is 328 Å². The van der Waals surface area contributed by atoms with Crippen molar-refractivity contribution < 1.29 is 0 Å². The molecule has 0 aliphatic heterocycles. The van der Waals surface area contributed by atoms with Crippen LogP contribution in [0.4, 0.5) is 0 Å². The van der Waals surface area contributed by atoms with Crippen LogP contribution in [0.3, 0.4) is 0 Å². The molecule has 0 aliphatic rings. The third-order valence-electron chi connectivity index (χ3n) is 16.6. The Kier molecular flexibility index (Phi) is 11.9. The van der Waals surface area contributed by atoms with Crippen LogP contribution < -0.4 is 20.7 Å². The number of hydrogen-bond acceptors (Lipinski definition) is 0. The van der Waals surface area contributed by atoms with Crippen LogP contribution in [0.5, 0.6) is 0 Å². The van der Waals surface area contributed by atoms with Gasteiger partial charge in [0.05, 0.1) is 27.8 Å². The molecule has 13 aromatic carbocycles. The summed E-state index contributed by atoms with van der Waals surface area (Å²) in [4.78, 5) is 0. The molecular formula is C78H54N2Si. The van der Waals surface area contributed by atoms with Crippen LogP contribution in [0.2, 0.25) is 0 Å². The fraction of sp³-hybridized carbons (Fsp3) is 0. The molecule has 15 rings (SSSR count). The lowest BCUT2D eigenvalue weighted by atomic mass is 9.95. The van der Waals surface area contributed by atoms with Crippen molar-refractivity contribution in [3.8, 4) is 67.0 Å². The summed E-state index contributed by atoms with van der Waals surface area (Å²) in [5, 5.41) is 10.1. The van der Waals surface area contributed by atoms with Gasteiger partial charge in [-0.1, -0.05) is 279 Å². The number of aromatic nitrogens is 2. The van der Waals surface area contributed by atoms with E-state index in [1.54, 1.807) is 0 Å². The molecule has 3 heteroatoms. The molecule has 0 radical (unpaired) electrons. The second kappa shape index (κ2) is 20.2. The van der Waals surface area contributed by atoms with Gasteiger partial charge in [0.15, 0.2) is 8.07 Å². The van der Waals surface area contributed by atoms with Crippen molar-refractivity contribution in [3.05, 3.63) is 328 Å². The molecule has 15 aromatic rings. The Hall–Kier alpha value is -10.3. The zero-order chi connectivity index (χ0) is 53.7. The molecule has 0 unspecified atom stereocenters. The van der Waals surface area contributed by atoms with E-state index in [9.17, 15) is 0 Å². The molecule has 0 bridgehead atoms. The van der Waals surface area contributed by atoms with Gasteiger partial charge in [-0.15, -0.1) is 0 Å². The second-order valence-electron chi connectivity index (χ2n) is 21.2. The van der Waals surface area contributed by atoms with Crippen LogP contribution >= 0.6 is 0 Å². The molecule has 2 aromatic heterocycles. The monoisotopic (exact) mass is 1050 g/mol. The first-order chi connectivity index (χ1) is 40.2. The molecule has 0 saturated heterocycles. The van der Waals surface area contributed by atoms with Crippen molar-refractivity contribution in [1.82, 2.24) is 9.13 Å². The number of nitrogens with zero attached hydrogens (tertiary/aromatic N) is 2. The minimum absolute atomic E-state index is 1.13. The van der Waals surface area contributed by atoms with E-state index >= 15 is 0 Å². The number of hydrogen-bond donors (Lipinski definition) is 0. The van der Waals surface area contributed by atoms with Crippen molar-refractivity contribution in [1.29, 1.82) is 0 Å². The third-order valence-corrected chi connectivity index (χ3v) is 21.3. The maximum Gasteiger partial charge on any atom is 0.179 e. The number of para-hydroxylation sites is 2. The van der Waals surface area contributed by atoms with Crippen LogP contribution in [0.1, 0.15) is 0 Å². The Balaban J connectivity index is 1.04. The second-order valence-corrected chi connectivity index (χ2v) is 25.0. The number of rotatable bonds is 11. The van der Waals surface area contributed by atoms with Gasteiger partial charge in [-0.25, -0.2) is 0 Å². The first-order valence-electron chi connectivity index (χ1n) is 28.0. The zero-order valence-corrected chi connectivity index (χ0v) is 45.6. The normalized spacial score (nSPS) is 11.7. The van der Waals surface area contributed by atoms with Crippen LogP contribution in [-0.2, 0) is 0 Å². The lowest BCUT2D eigenvalue weighted by molar-refractivity contribution is 1.17. The summed E-state index contributed by atoms with van der Waals surface area (Å²) in [5.41, 5.74) is 18.8. The van der Waals surface area contributed by atoms with E-state index in [2.05, 4.69) is 337 Å². The van der Waals surface area contributed by atoms with Gasteiger partial charge in [-0.3, -0.25) is 0 Å². The van der Waals surface area contributed by atoms with Gasteiger partial charge in [-0.05, 0) is 114 Å². The maximum absolute atomic E-state index is 3.29. The van der Waals surface area contributed by atoms with Gasteiger partial charge in [-0.2, -0.15) is 0 Å². The Bertz CT molecular complexity index is 4600. The molecule has 2 heterocycles. The molecule has 0 amide bonds. The zero-order valence-electron chi connectivity index (χ0n) is 44.6. The van der Waals surface area contributed by atoms with E-state index in [1.807, 2.05) is 0 Å². The fourth-order valence-electron chi connectivity index (χ4n) is 13.0. The van der Waals surface area contributed by atoms with E-state index in [0.717, 1.165) is 33.5 Å². The number of benzene rings is 13. The SMILES string of the molecule is c1ccc(-c2cc(-c3ccccc3)cc([Si](c3ccccc3)(c3ccccc3)c3cc(-c4ccccc4)c(-n4c5ccccc5c5cc(-n6c7ccccc7c7cc(-c8ccccc8)ccc76)ccc54)c(-c4ccccc4)c3)c2)cc1. The van der Waals surface area contributed by atoms with Crippen molar-refractivity contribution >= 4 is 72.4 Å². The highest BCUT2D eigenvalue weighted by Gasteiger charge is 2.43. The minimum atomic E-state index is -3.29. The average molecular weight is 1050 g/mol. The predicted octanol–water partition coefficient (Wildman–Crippen LogP) is 17.6. The van der Waals surface area contributed by atoms with Crippen molar-refractivity contribution in [2.75, 3.05) is 0 Å². The van der Waals surface area contributed by atoms with Crippen LogP contribution in [0.25, 0.3) is 111 Å². The summed E-state index contributed by atoms with van der Waals surface area (Å²) in [7, 11) is -3.29. The molecule has 0 N–H and O–H groups in total. The van der Waals surface area contributed by atoms with Gasteiger partial charge in [0, 0.05) is 38.4 Å². The van der Waals surface area contributed by atoms with Gasteiger partial charge in [0.1, 0.15) is 0 Å². The lowest BCUT2D eigenvalue weighted by Crippen LogP contribution is -2.74. The molecular weight excluding hydrogens is 993 g/mol. The summed E-state index contributed by atoms with van der Waals surface area (Å²) < 4.78 is 5.02. The molecule has 0 aliphatic carbocycles.